The Morgan fingerprint density at radius 3 is 2.75 bits per heavy atom. The molecule has 0 atom stereocenters. The van der Waals surface area contributed by atoms with Crippen LogP contribution in [0, 0.1) is 0 Å². The van der Waals surface area contributed by atoms with Gasteiger partial charge in [-0.2, -0.15) is 4.99 Å². The van der Waals surface area contributed by atoms with Crippen LogP contribution in [0.5, 0.6) is 0 Å². The lowest BCUT2D eigenvalue weighted by molar-refractivity contribution is 0.321. The first-order valence-corrected chi connectivity index (χ1v) is 6.47. The third kappa shape index (κ3) is 3.25. The van der Waals surface area contributed by atoms with Gasteiger partial charge in [-0.15, -0.1) is 0 Å². The van der Waals surface area contributed by atoms with Gasteiger partial charge in [-0.25, -0.2) is 0 Å². The number of hydrogen-bond acceptors (Lipinski definition) is 2. The van der Waals surface area contributed by atoms with Crippen LogP contribution in [0.4, 0.5) is 0 Å². The van der Waals surface area contributed by atoms with Crippen LogP contribution in [-0.2, 0) is 4.74 Å². The van der Waals surface area contributed by atoms with Crippen molar-refractivity contribution in [1.82, 2.24) is 0 Å². The van der Waals surface area contributed by atoms with E-state index in [0.717, 1.165) is 22.4 Å². The summed E-state index contributed by atoms with van der Waals surface area (Å²) >= 11 is 0. The molecule has 0 spiro atoms. The molecule has 20 heavy (non-hydrogen) atoms. The number of aliphatic imine (C=N–C) groups is 1. The number of fused-ring (bicyclic) bond motifs is 1. The van der Waals surface area contributed by atoms with Crippen LogP contribution in [0.3, 0.4) is 0 Å². The van der Waals surface area contributed by atoms with Crippen molar-refractivity contribution in [2.24, 2.45) is 4.99 Å². The smallest absolute Gasteiger partial charge is 0.230 e. The van der Waals surface area contributed by atoms with Crippen molar-refractivity contribution >= 4 is 18.0 Å². The molecule has 100 valence electrons. The van der Waals surface area contributed by atoms with E-state index in [1.165, 1.54) is 0 Å². The Morgan fingerprint density at radius 2 is 2.05 bits per heavy atom. The van der Waals surface area contributed by atoms with Gasteiger partial charge >= 0.3 is 0 Å². The van der Waals surface area contributed by atoms with Gasteiger partial charge in [0.2, 0.25) is 5.88 Å². The summed E-state index contributed by atoms with van der Waals surface area (Å²) in [5.74, 6) is 3.56. The van der Waals surface area contributed by atoms with Crippen LogP contribution < -0.4 is 10.4 Å². The standard InChI is InChI=1S/C18H17NO/c1-4-8-16-12-11-15-9-6-7-10-17(15)13-14(3)20-18(16)19-5-2/h4,6-11,13H,2-3,12H2,1H3/b8-4-,15-11-,17-13-,18-16-. The Hall–Kier alpha value is -2.57. The summed E-state index contributed by atoms with van der Waals surface area (Å²) in [5.41, 5.74) is 0.968. The Bertz CT molecular complexity index is 744. The predicted molar refractivity (Wildman–Crippen MR) is 84.4 cm³/mol. The Labute approximate surface area is 119 Å². The molecule has 0 N–H and O–H groups in total. The quantitative estimate of drug-likeness (QED) is 0.752. The van der Waals surface area contributed by atoms with Crippen LogP contribution in [0.15, 0.2) is 71.8 Å². The maximum Gasteiger partial charge on any atom is 0.230 e. The van der Waals surface area contributed by atoms with E-state index in [-0.39, 0.29) is 0 Å². The molecule has 0 unspecified atom stereocenters. The molecule has 0 bridgehead atoms. The zero-order valence-electron chi connectivity index (χ0n) is 11.6. The topological polar surface area (TPSA) is 21.6 Å². The van der Waals surface area contributed by atoms with Gasteiger partial charge in [-0.1, -0.05) is 49.1 Å². The average molecular weight is 263 g/mol. The summed E-state index contributed by atoms with van der Waals surface area (Å²) in [6, 6.07) is 8.13. The molecule has 0 amide bonds. The van der Waals surface area contributed by atoms with E-state index in [2.05, 4.69) is 36.2 Å². The van der Waals surface area contributed by atoms with E-state index in [0.29, 0.717) is 11.6 Å². The predicted octanol–water partition coefficient (Wildman–Crippen LogP) is 2.83. The molecular weight excluding hydrogens is 246 g/mol. The maximum atomic E-state index is 5.72. The van der Waals surface area contributed by atoms with Crippen LogP contribution in [0.2, 0.25) is 0 Å². The lowest BCUT2D eigenvalue weighted by Gasteiger charge is -2.07. The highest BCUT2D eigenvalue weighted by Gasteiger charge is 2.06. The molecule has 0 saturated heterocycles. The first-order chi connectivity index (χ1) is 9.74. The molecule has 1 aromatic rings. The van der Waals surface area contributed by atoms with E-state index in [4.69, 9.17) is 4.74 Å². The minimum Gasteiger partial charge on any atom is -0.439 e. The molecule has 0 aliphatic carbocycles. The molecule has 2 heteroatoms. The van der Waals surface area contributed by atoms with Crippen molar-refractivity contribution in [3.8, 4) is 0 Å². The van der Waals surface area contributed by atoms with Gasteiger partial charge in [0.05, 0.1) is 0 Å². The lowest BCUT2D eigenvalue weighted by atomic mass is 10.1. The maximum absolute atomic E-state index is 5.72. The van der Waals surface area contributed by atoms with Crippen molar-refractivity contribution in [3.05, 3.63) is 77.2 Å². The first kappa shape index (κ1) is 13.9. The summed E-state index contributed by atoms with van der Waals surface area (Å²) in [5, 5.41) is 2.24. The molecule has 0 fully saturated rings. The minimum atomic E-state index is 0.489. The Kier molecular flexibility index (Phi) is 4.54. The number of ether oxygens (including phenoxy) is 1. The molecule has 1 aliphatic heterocycles. The van der Waals surface area contributed by atoms with E-state index in [9.17, 15) is 0 Å². The molecule has 1 aromatic carbocycles. The van der Waals surface area contributed by atoms with E-state index < -0.39 is 0 Å². The van der Waals surface area contributed by atoms with Gasteiger partial charge < -0.3 is 4.74 Å². The zero-order valence-corrected chi connectivity index (χ0v) is 11.6. The van der Waals surface area contributed by atoms with Crippen molar-refractivity contribution in [2.75, 3.05) is 0 Å². The Morgan fingerprint density at radius 1 is 1.30 bits per heavy atom. The summed E-state index contributed by atoms with van der Waals surface area (Å²) < 4.78 is 5.72. The highest BCUT2D eigenvalue weighted by atomic mass is 16.5. The number of nitrogens with zero attached hydrogens (tertiary/aromatic N) is 1. The monoisotopic (exact) mass is 263 g/mol. The minimum absolute atomic E-state index is 0.489. The Balaban J connectivity index is 2.64. The summed E-state index contributed by atoms with van der Waals surface area (Å²) in [6.45, 7) is 9.40. The normalized spacial score (nSPS) is 21.9. The van der Waals surface area contributed by atoms with Gasteiger partial charge in [-0.05, 0) is 42.3 Å². The summed E-state index contributed by atoms with van der Waals surface area (Å²) in [6.07, 6.45) is 8.73. The van der Waals surface area contributed by atoms with Crippen molar-refractivity contribution in [3.63, 3.8) is 0 Å². The highest BCUT2D eigenvalue weighted by molar-refractivity contribution is 5.52. The van der Waals surface area contributed by atoms with Gasteiger partial charge in [0, 0.05) is 5.57 Å². The van der Waals surface area contributed by atoms with E-state index in [1.807, 2.05) is 43.4 Å². The average Bonchev–Trinajstić information content (AvgIpc) is 2.49. The molecule has 0 radical (unpaired) electrons. The van der Waals surface area contributed by atoms with Crippen molar-refractivity contribution < 1.29 is 4.74 Å². The second-order valence-electron chi connectivity index (χ2n) is 4.35. The molecule has 1 aliphatic rings. The molecule has 0 aromatic heterocycles. The fraction of sp³-hybridized carbons (Fsp3) is 0.111. The first-order valence-electron chi connectivity index (χ1n) is 6.47. The summed E-state index contributed by atoms with van der Waals surface area (Å²) in [4.78, 5) is 4.08. The van der Waals surface area contributed by atoms with Gasteiger partial charge in [-0.3, -0.25) is 0 Å². The van der Waals surface area contributed by atoms with E-state index >= 15 is 0 Å². The van der Waals surface area contributed by atoms with Crippen LogP contribution in [0.1, 0.15) is 13.3 Å². The zero-order chi connectivity index (χ0) is 14.4. The molecule has 0 saturated carbocycles. The molecular formula is C18H17NO. The number of allylic oxidation sites excluding steroid dienone is 4. The van der Waals surface area contributed by atoms with Crippen molar-refractivity contribution in [2.45, 2.75) is 13.3 Å². The number of rotatable bonds is 2. The summed E-state index contributed by atoms with van der Waals surface area (Å²) in [7, 11) is 0. The van der Waals surface area contributed by atoms with E-state index in [1.54, 1.807) is 0 Å². The fourth-order valence-electron chi connectivity index (χ4n) is 2.04. The third-order valence-electron chi connectivity index (χ3n) is 2.91. The third-order valence-corrected chi connectivity index (χ3v) is 2.91. The number of benzene rings is 1. The molecule has 1 heterocycles. The molecule has 2 rings (SSSR count). The number of hydrogen-bond donors (Lipinski definition) is 0. The fourth-order valence-corrected chi connectivity index (χ4v) is 2.04. The van der Waals surface area contributed by atoms with Crippen LogP contribution >= 0.6 is 0 Å². The SMILES string of the molecule is C=C=N/C1=C(\C=C/C)C/C=c2/cccc/c2=C/C(=C)O1. The van der Waals surface area contributed by atoms with Crippen molar-refractivity contribution in [1.29, 1.82) is 0 Å². The lowest BCUT2D eigenvalue weighted by Crippen LogP contribution is -2.23. The largest absolute Gasteiger partial charge is 0.439 e. The second-order valence-corrected chi connectivity index (χ2v) is 4.35. The van der Waals surface area contributed by atoms with Gasteiger partial charge in [0.25, 0.3) is 0 Å². The van der Waals surface area contributed by atoms with Crippen LogP contribution in [0.25, 0.3) is 12.2 Å². The van der Waals surface area contributed by atoms with Gasteiger partial charge in [0.15, 0.2) is 0 Å². The van der Waals surface area contributed by atoms with Crippen LogP contribution in [-0.4, -0.2) is 5.87 Å². The molecule has 2 nitrogen and oxygen atoms in total. The highest BCUT2D eigenvalue weighted by Crippen LogP contribution is 2.18. The van der Waals surface area contributed by atoms with Gasteiger partial charge in [0.1, 0.15) is 5.76 Å². The second kappa shape index (κ2) is 6.55.